The molecule has 0 aromatic heterocycles. The van der Waals surface area contributed by atoms with Crippen LogP contribution in [0.25, 0.3) is 0 Å². The molecule has 0 aliphatic rings. The van der Waals surface area contributed by atoms with Crippen molar-refractivity contribution in [3.05, 3.63) is 0 Å². The van der Waals surface area contributed by atoms with Crippen LogP contribution in [0.1, 0.15) is 6.42 Å². The van der Waals surface area contributed by atoms with Crippen LogP contribution in [0.4, 0.5) is 26.3 Å². The lowest BCUT2D eigenvalue weighted by molar-refractivity contribution is -0.156. The molecule has 0 bridgehead atoms. The highest BCUT2D eigenvalue weighted by molar-refractivity contribution is 7.33. The van der Waals surface area contributed by atoms with Crippen LogP contribution in [0, 0.1) is 0 Å². The minimum Gasteiger partial charge on any atom is -0.310 e. The molecule has 0 aromatic carbocycles. The first-order valence-electron chi connectivity index (χ1n) is 3.53. The third-order valence-corrected chi connectivity index (χ3v) is 1.78. The molecule has 0 aliphatic heterocycles. The van der Waals surface area contributed by atoms with Crippen molar-refractivity contribution in [2.24, 2.45) is 0 Å². The molecule has 10 heteroatoms. The Balaban J connectivity index is 3.60. The van der Waals surface area contributed by atoms with Gasteiger partial charge in [-0.1, -0.05) is 0 Å². The Morgan fingerprint density at radius 2 is 1.47 bits per heavy atom. The van der Waals surface area contributed by atoms with Crippen molar-refractivity contribution in [1.82, 2.24) is 0 Å². The van der Waals surface area contributed by atoms with Crippen LogP contribution in [0.15, 0.2) is 0 Å². The first kappa shape index (κ1) is 14.7. The van der Waals surface area contributed by atoms with E-state index in [4.69, 9.17) is 0 Å². The Kier molecular flexibility index (Phi) is 5.61. The molecule has 0 amide bonds. The molecule has 15 heavy (non-hydrogen) atoms. The van der Waals surface area contributed by atoms with Crippen LogP contribution in [0.5, 0.6) is 0 Å². The van der Waals surface area contributed by atoms with E-state index in [2.05, 4.69) is 9.05 Å². The van der Waals surface area contributed by atoms with Gasteiger partial charge in [-0.25, -0.2) is 0 Å². The quantitative estimate of drug-likeness (QED) is 0.563. The fraction of sp³-hybridized carbons (Fsp3) is 1.00. The van der Waals surface area contributed by atoms with Crippen molar-refractivity contribution >= 4 is 8.25 Å². The van der Waals surface area contributed by atoms with Crippen LogP contribution in [0.3, 0.4) is 0 Å². The summed E-state index contributed by atoms with van der Waals surface area (Å²) < 4.78 is 86.8. The summed E-state index contributed by atoms with van der Waals surface area (Å²) in [6, 6.07) is 0. The van der Waals surface area contributed by atoms with E-state index in [1.807, 2.05) is 0 Å². The molecule has 1 atom stereocenters. The molecule has 0 saturated heterocycles. The average molecular weight is 260 g/mol. The first-order chi connectivity index (χ1) is 6.60. The Morgan fingerprint density at radius 1 is 0.933 bits per heavy atom. The first-order valence-corrected chi connectivity index (χ1v) is 4.76. The molecule has 0 N–H and O–H groups in total. The van der Waals surface area contributed by atoms with E-state index < -0.39 is 40.2 Å². The fourth-order valence-electron chi connectivity index (χ4n) is 0.433. The van der Waals surface area contributed by atoms with Gasteiger partial charge in [-0.15, -0.1) is 0 Å². The van der Waals surface area contributed by atoms with Crippen LogP contribution < -0.4 is 0 Å². The molecule has 0 aliphatic carbocycles. The minimum atomic E-state index is -4.69. The lowest BCUT2D eigenvalue weighted by atomic mass is 10.5. The highest BCUT2D eigenvalue weighted by atomic mass is 31.1. The van der Waals surface area contributed by atoms with Crippen molar-refractivity contribution in [2.45, 2.75) is 18.8 Å². The van der Waals surface area contributed by atoms with Crippen LogP contribution in [-0.2, 0) is 13.6 Å². The monoisotopic (exact) mass is 260 g/mol. The maximum absolute atomic E-state index is 11.5. The van der Waals surface area contributed by atoms with Gasteiger partial charge in [0.25, 0.3) is 0 Å². The van der Waals surface area contributed by atoms with E-state index in [0.29, 0.717) is 0 Å². The highest BCUT2D eigenvalue weighted by Crippen LogP contribution is 2.29. The predicted molar refractivity (Wildman–Crippen MR) is 37.6 cm³/mol. The molecule has 0 aromatic rings. The van der Waals surface area contributed by atoms with E-state index in [1.54, 1.807) is 0 Å². The smallest absolute Gasteiger partial charge is 0.310 e. The molecule has 0 fully saturated rings. The highest BCUT2D eigenvalue weighted by Gasteiger charge is 2.30. The summed E-state index contributed by atoms with van der Waals surface area (Å²) in [5.74, 6) is 0. The number of hydrogen-bond donors (Lipinski definition) is 0. The van der Waals surface area contributed by atoms with Gasteiger partial charge in [-0.3, -0.25) is 4.57 Å². The summed E-state index contributed by atoms with van der Waals surface area (Å²) in [4.78, 5) is 0. The fourth-order valence-corrected chi connectivity index (χ4v) is 1.07. The summed E-state index contributed by atoms with van der Waals surface area (Å²) >= 11 is 0. The molecular formula is C5H7F6O3P. The van der Waals surface area contributed by atoms with Gasteiger partial charge in [0.05, 0.1) is 13.0 Å². The van der Waals surface area contributed by atoms with Crippen molar-refractivity contribution in [1.29, 1.82) is 0 Å². The molecule has 0 saturated carbocycles. The second kappa shape index (κ2) is 5.72. The molecule has 1 unspecified atom stereocenters. The Labute approximate surface area is 81.3 Å². The predicted octanol–water partition coefficient (Wildman–Crippen LogP) is 2.92. The molecule has 0 radical (unpaired) electrons. The Bertz CT molecular complexity index is 212. The number of rotatable bonds is 5. The molecule has 3 nitrogen and oxygen atoms in total. The lowest BCUT2D eigenvalue weighted by Crippen LogP contribution is -2.15. The van der Waals surface area contributed by atoms with E-state index in [9.17, 15) is 30.9 Å². The number of halogens is 6. The van der Waals surface area contributed by atoms with Gasteiger partial charge >= 0.3 is 20.6 Å². The van der Waals surface area contributed by atoms with Crippen molar-refractivity contribution in [3.8, 4) is 0 Å². The second-order valence-electron chi connectivity index (χ2n) is 2.37. The topological polar surface area (TPSA) is 35.5 Å². The molecule has 92 valence electrons. The van der Waals surface area contributed by atoms with E-state index in [1.165, 1.54) is 0 Å². The third-order valence-electron chi connectivity index (χ3n) is 0.959. The Morgan fingerprint density at radius 3 is 1.87 bits per heavy atom. The van der Waals surface area contributed by atoms with Gasteiger partial charge in [-0.2, -0.15) is 26.3 Å². The Hall–Kier alpha value is -0.270. The van der Waals surface area contributed by atoms with Gasteiger partial charge in [0.2, 0.25) is 0 Å². The van der Waals surface area contributed by atoms with Gasteiger partial charge in [0.15, 0.2) is 6.61 Å². The summed E-state index contributed by atoms with van der Waals surface area (Å²) in [6.07, 6.45) is -10.6. The second-order valence-corrected chi connectivity index (χ2v) is 3.44. The largest absolute Gasteiger partial charge is 0.412 e. The summed E-state index contributed by atoms with van der Waals surface area (Å²) in [6.45, 7) is -2.80. The molecule has 0 spiro atoms. The maximum Gasteiger partial charge on any atom is 0.412 e. The standard InChI is InChI=1S/C5H7F6O3P/c6-4(7,8)1-2-13-15(12)14-3-5(9,10)11/h15H,1-3H2. The van der Waals surface area contributed by atoms with Crippen LogP contribution in [-0.4, -0.2) is 25.6 Å². The van der Waals surface area contributed by atoms with Gasteiger partial charge in [0.1, 0.15) is 0 Å². The summed E-state index contributed by atoms with van der Waals surface area (Å²) in [5, 5.41) is 0. The molecular weight excluding hydrogens is 253 g/mol. The normalized spacial score (nSPS) is 15.3. The van der Waals surface area contributed by atoms with Crippen molar-refractivity contribution in [3.63, 3.8) is 0 Å². The van der Waals surface area contributed by atoms with Gasteiger partial charge in [0, 0.05) is 0 Å². The van der Waals surface area contributed by atoms with Gasteiger partial charge in [-0.05, 0) is 0 Å². The van der Waals surface area contributed by atoms with Crippen LogP contribution >= 0.6 is 8.25 Å². The van der Waals surface area contributed by atoms with Crippen LogP contribution in [0.2, 0.25) is 0 Å². The van der Waals surface area contributed by atoms with E-state index in [-0.39, 0.29) is 0 Å². The maximum atomic E-state index is 11.5. The average Bonchev–Trinajstić information content (AvgIpc) is 1.97. The molecule has 0 heterocycles. The minimum absolute atomic E-state index is 0.987. The van der Waals surface area contributed by atoms with Crippen molar-refractivity contribution < 1.29 is 40.0 Å². The summed E-state index contributed by atoms with van der Waals surface area (Å²) in [7, 11) is -3.51. The van der Waals surface area contributed by atoms with E-state index >= 15 is 0 Å². The lowest BCUT2D eigenvalue weighted by Gasteiger charge is -2.09. The number of hydrogen-bond acceptors (Lipinski definition) is 3. The zero-order valence-corrected chi connectivity index (χ0v) is 8.11. The van der Waals surface area contributed by atoms with E-state index in [0.717, 1.165) is 0 Å². The zero-order chi connectivity index (χ0) is 12.1. The zero-order valence-electron chi connectivity index (χ0n) is 7.11. The molecule has 0 rings (SSSR count). The van der Waals surface area contributed by atoms with Gasteiger partial charge < -0.3 is 9.05 Å². The SMILES string of the molecule is O=[PH](OCCC(F)(F)F)OCC(F)(F)F. The number of alkyl halides is 6. The van der Waals surface area contributed by atoms with Crippen molar-refractivity contribution in [2.75, 3.05) is 13.2 Å². The third kappa shape index (κ3) is 11.7. The summed E-state index contributed by atoms with van der Waals surface area (Å²) in [5.41, 5.74) is 0.